The second-order valence-corrected chi connectivity index (χ2v) is 33.8. The number of likely N-dealkylation sites (N-methyl/N-ethyl adjacent to an activating group) is 7. The summed E-state index contributed by atoms with van der Waals surface area (Å²) in [5, 5.41) is 11.6. The molecule has 0 bridgehead atoms. The van der Waals surface area contributed by atoms with Crippen LogP contribution < -0.4 is 21.3 Å². The number of hydrogen-bond donors (Lipinski definition) is 4. The lowest BCUT2D eigenvalue weighted by Gasteiger charge is -2.38. The monoisotopic (exact) mass is 1610 g/mol. The van der Waals surface area contributed by atoms with Crippen LogP contribution in [0, 0.1) is 35.5 Å². The molecule has 30 heteroatoms. The fraction of sp³-hybridized carbons (Fsp3) is 0.838. The first kappa shape index (κ1) is 89.0. The molecular formula is C74H123ClF3IN12O13. The molecule has 104 heavy (non-hydrogen) atoms. The number of unbranched alkanes of at least 4 members (excludes halogenated alkanes) is 1. The molecule has 3 aliphatic carbocycles. The number of nitrogens with one attached hydrogen (secondary N) is 4. The van der Waals surface area contributed by atoms with Gasteiger partial charge in [0.15, 0.2) is 0 Å². The third-order valence-electron chi connectivity index (χ3n) is 22.0. The molecule has 4 N–H and O–H groups in total. The molecule has 25 nitrogen and oxygen atoms in total. The SMILES string of the molecule is CCCC[C@@H]1NC(=O)[C@H](CC2CCCC(I)C2)NC(=O)CN(C)C(=O)[C@H](CC2CCC(Cl)CC2)N(C)C(=O)CN(C)C(=O)CN(C)C(=O)[C@H]([C@@H](C)CC)NC(=O)[C@H](CC(C)C)N(C)C(=O)C[C@@H](C(=O)N2CCCCC2)N(C)C(=O)[C@H](CC(C)C)NC(=O)[C@H](CC2CCC(OC(F)(F)F)CC2)N(C)C1=O. The van der Waals surface area contributed by atoms with Crippen LogP contribution in [-0.4, -0.2) is 262 Å². The minimum absolute atomic E-state index is 0.00307. The van der Waals surface area contributed by atoms with E-state index >= 15 is 28.8 Å². The normalized spacial score (nSPS) is 30.2. The van der Waals surface area contributed by atoms with Gasteiger partial charge in [0.25, 0.3) is 0 Å². The number of likely N-dealkylation sites (tertiary alicyclic amines) is 1. The van der Waals surface area contributed by atoms with Gasteiger partial charge in [-0.05, 0) is 158 Å². The average Bonchev–Trinajstić information content (AvgIpc) is 0.810. The summed E-state index contributed by atoms with van der Waals surface area (Å²) in [6, 6.07) is -10.3. The molecule has 5 aliphatic rings. The summed E-state index contributed by atoms with van der Waals surface area (Å²) in [6.45, 7) is 11.9. The standard InChI is InChI=1S/C74H123ClF3IN12O13/c1-15-17-24-54-69(99)89(13)58(39-49-27-31-53(32-28-49)104-74(76,77)78)67(97)82-56(35-45(3)4)70(100)90(14)60(72(102)91-33-19-18-20-34-91)41-62(93)87(11)57(36-46(5)6)68(98)83-65(47(7)16-2)73(103)86(10)43-63(94)84(8)44-64(95)88(12)59(40-48-25-29-51(75)30-26-48)71(101)85(9)42-61(92)80-55(66(96)81-54)38-50-22-21-23-52(79)37-50/h45-60,65H,15-44H2,1-14H3,(H,80,92)(H,81,96)(H,82,97)(H,83,98)/t47-,48?,49?,50?,51?,52?,53?,54-,55-,56-,57-,58-,59-,60-,65-/m0/s1. The van der Waals surface area contributed by atoms with Gasteiger partial charge >= 0.3 is 6.36 Å². The van der Waals surface area contributed by atoms with Crippen molar-refractivity contribution < 1.29 is 75.4 Å². The van der Waals surface area contributed by atoms with E-state index in [0.29, 0.717) is 70.9 Å². The lowest BCUT2D eigenvalue weighted by atomic mass is 9.82. The maximum atomic E-state index is 15.5. The van der Waals surface area contributed by atoms with Crippen LogP contribution in [0.5, 0.6) is 0 Å². The van der Waals surface area contributed by atoms with Crippen LogP contribution in [0.15, 0.2) is 0 Å². The molecule has 0 spiro atoms. The summed E-state index contributed by atoms with van der Waals surface area (Å²) < 4.78 is 45.3. The van der Waals surface area contributed by atoms with Gasteiger partial charge in [-0.15, -0.1) is 24.8 Å². The van der Waals surface area contributed by atoms with Gasteiger partial charge in [0.05, 0.1) is 32.2 Å². The molecule has 0 aromatic carbocycles. The molecule has 12 amide bonds. The third kappa shape index (κ3) is 27.3. The van der Waals surface area contributed by atoms with E-state index in [9.17, 15) is 41.9 Å². The highest BCUT2D eigenvalue weighted by molar-refractivity contribution is 14.1. The third-order valence-corrected chi connectivity index (χ3v) is 23.6. The number of carbonyl (C=O) groups is 12. The molecule has 2 aliphatic heterocycles. The molecule has 2 heterocycles. The largest absolute Gasteiger partial charge is 0.522 e. The second-order valence-electron chi connectivity index (χ2n) is 31.4. The second kappa shape index (κ2) is 42.2. The molecule has 5 fully saturated rings. The van der Waals surface area contributed by atoms with Gasteiger partial charge in [0, 0.05) is 71.7 Å². The molecule has 2 unspecified atom stereocenters. The maximum absolute atomic E-state index is 15.5. The molecule has 11 atom stereocenters. The van der Waals surface area contributed by atoms with Crippen molar-refractivity contribution in [1.82, 2.24) is 60.5 Å². The molecule has 0 aromatic heterocycles. The Morgan fingerprint density at radius 3 is 1.66 bits per heavy atom. The van der Waals surface area contributed by atoms with Crippen LogP contribution in [0.2, 0.25) is 0 Å². The van der Waals surface area contributed by atoms with E-state index in [4.69, 9.17) is 11.6 Å². The smallest absolute Gasteiger partial charge is 0.343 e. The summed E-state index contributed by atoms with van der Waals surface area (Å²) in [6.07, 6.45) is 3.75. The Kier molecular flexibility index (Phi) is 36.2. The van der Waals surface area contributed by atoms with Crippen molar-refractivity contribution in [2.45, 2.75) is 279 Å². The zero-order valence-corrected chi connectivity index (χ0v) is 67.2. The van der Waals surface area contributed by atoms with Crippen LogP contribution in [-0.2, 0) is 62.3 Å². The van der Waals surface area contributed by atoms with E-state index in [1.807, 2.05) is 41.5 Å². The molecule has 5 rings (SSSR count). The van der Waals surface area contributed by atoms with Crippen LogP contribution in [0.4, 0.5) is 13.2 Å². The number of nitrogens with zero attached hydrogens (tertiary/aromatic N) is 8. The van der Waals surface area contributed by atoms with E-state index in [0.717, 1.165) is 46.8 Å². The highest BCUT2D eigenvalue weighted by Crippen LogP contribution is 2.36. The van der Waals surface area contributed by atoms with Gasteiger partial charge in [-0.2, -0.15) is 0 Å². The minimum Gasteiger partial charge on any atom is -0.343 e. The van der Waals surface area contributed by atoms with Crippen LogP contribution in [0.3, 0.4) is 0 Å². The van der Waals surface area contributed by atoms with Gasteiger partial charge in [-0.1, -0.05) is 103 Å². The van der Waals surface area contributed by atoms with Crippen molar-refractivity contribution in [2.24, 2.45) is 35.5 Å². The summed E-state index contributed by atoms with van der Waals surface area (Å²) in [5.41, 5.74) is 0. The van der Waals surface area contributed by atoms with Crippen molar-refractivity contribution >= 4 is 105 Å². The number of carbonyl (C=O) groups excluding carboxylic acids is 12. The fourth-order valence-corrected chi connectivity index (χ4v) is 16.7. The number of halogens is 5. The molecule has 2 saturated heterocycles. The van der Waals surface area contributed by atoms with Crippen molar-refractivity contribution in [3.05, 3.63) is 0 Å². The average molecular weight is 1610 g/mol. The van der Waals surface area contributed by atoms with E-state index in [-0.39, 0.29) is 97.2 Å². The summed E-state index contributed by atoms with van der Waals surface area (Å²) in [4.78, 5) is 189. The van der Waals surface area contributed by atoms with E-state index in [2.05, 4.69) is 48.6 Å². The molecule has 0 radical (unpaired) electrons. The first-order valence-corrected chi connectivity index (χ1v) is 39.8. The number of amides is 12. The summed E-state index contributed by atoms with van der Waals surface area (Å²) in [5.74, 6) is -9.56. The Labute approximate surface area is 634 Å². The zero-order chi connectivity index (χ0) is 77.6. The minimum atomic E-state index is -4.88. The van der Waals surface area contributed by atoms with Crippen molar-refractivity contribution in [1.29, 1.82) is 0 Å². The summed E-state index contributed by atoms with van der Waals surface area (Å²) in [7, 11) is 9.85. The highest BCUT2D eigenvalue weighted by atomic mass is 127. The number of ether oxygens (including phenoxy) is 1. The van der Waals surface area contributed by atoms with Crippen molar-refractivity contribution in [2.75, 3.05) is 82.1 Å². The number of piperidine rings is 1. The Bertz CT molecular complexity index is 2900. The van der Waals surface area contributed by atoms with E-state index in [1.165, 1.54) is 68.9 Å². The molecular weight excluding hydrogens is 1480 g/mol. The van der Waals surface area contributed by atoms with Gasteiger partial charge in [-0.25, -0.2) is 0 Å². The van der Waals surface area contributed by atoms with Crippen LogP contribution in [0.1, 0.15) is 209 Å². The summed E-state index contributed by atoms with van der Waals surface area (Å²) >= 11 is 8.91. The van der Waals surface area contributed by atoms with Crippen molar-refractivity contribution in [3.63, 3.8) is 0 Å². The first-order valence-electron chi connectivity index (χ1n) is 38.1. The zero-order valence-electron chi connectivity index (χ0n) is 64.3. The molecule has 0 aromatic rings. The Morgan fingerprint density at radius 2 is 1.09 bits per heavy atom. The lowest BCUT2D eigenvalue weighted by Crippen LogP contribution is -2.61. The topological polar surface area (TPSA) is 288 Å². The van der Waals surface area contributed by atoms with Gasteiger partial charge in [0.2, 0.25) is 70.9 Å². The Hall–Kier alpha value is -5.59. The van der Waals surface area contributed by atoms with Gasteiger partial charge in [-0.3, -0.25) is 62.3 Å². The van der Waals surface area contributed by atoms with E-state index in [1.54, 1.807) is 11.8 Å². The van der Waals surface area contributed by atoms with Gasteiger partial charge in [0.1, 0.15) is 48.3 Å². The predicted molar refractivity (Wildman–Crippen MR) is 398 cm³/mol. The van der Waals surface area contributed by atoms with Crippen LogP contribution in [0.25, 0.3) is 0 Å². The molecule has 592 valence electrons. The predicted octanol–water partition coefficient (Wildman–Crippen LogP) is 7.41. The van der Waals surface area contributed by atoms with E-state index < -0.39 is 170 Å². The number of alkyl halides is 5. The lowest BCUT2D eigenvalue weighted by molar-refractivity contribution is -0.345. The van der Waals surface area contributed by atoms with Crippen molar-refractivity contribution in [3.8, 4) is 0 Å². The fourth-order valence-electron chi connectivity index (χ4n) is 15.3. The maximum Gasteiger partial charge on any atom is 0.522 e. The Morgan fingerprint density at radius 1 is 0.538 bits per heavy atom. The first-order chi connectivity index (χ1) is 48.8. The quantitative estimate of drug-likeness (QED) is 0.0816. The Balaban J connectivity index is 1.66. The molecule has 3 saturated carbocycles. The number of hydrogen-bond acceptors (Lipinski definition) is 13. The van der Waals surface area contributed by atoms with Crippen LogP contribution >= 0.6 is 34.2 Å². The van der Waals surface area contributed by atoms with Gasteiger partial charge < -0.3 is 60.5 Å². The number of rotatable bonds is 17. The highest BCUT2D eigenvalue weighted by Gasteiger charge is 2.45.